The van der Waals surface area contributed by atoms with Crippen LogP contribution in [0.5, 0.6) is 0 Å². The van der Waals surface area contributed by atoms with E-state index in [1.165, 1.54) is 51.4 Å². The Balaban J connectivity index is 1.55. The predicted molar refractivity (Wildman–Crippen MR) is 121 cm³/mol. The van der Waals surface area contributed by atoms with Crippen LogP contribution in [0.3, 0.4) is 0 Å². The van der Waals surface area contributed by atoms with E-state index in [2.05, 4.69) is 34.6 Å². The van der Waals surface area contributed by atoms with Crippen LogP contribution in [-0.2, 0) is 0 Å². The van der Waals surface area contributed by atoms with Gasteiger partial charge in [0.15, 0.2) is 0 Å². The number of fused-ring (bicyclic) bond motifs is 7. The molecule has 6 rings (SSSR count). The average molecular weight is 401 g/mol. The molecule has 10 unspecified atom stereocenters. The van der Waals surface area contributed by atoms with E-state index in [0.717, 1.165) is 41.3 Å². The third-order valence-corrected chi connectivity index (χ3v) is 14.3. The predicted octanol–water partition coefficient (Wildman–Crippen LogP) is 7.63. The topological polar surface area (TPSA) is 0 Å². The van der Waals surface area contributed by atoms with Crippen LogP contribution in [0.25, 0.3) is 0 Å². The summed E-state index contributed by atoms with van der Waals surface area (Å²) >= 11 is 4.88. The van der Waals surface area contributed by atoms with E-state index in [4.69, 9.17) is 12.6 Å². The van der Waals surface area contributed by atoms with E-state index in [0.29, 0.717) is 27.1 Å². The molecule has 4 bridgehead atoms. The molecule has 1 heteroatoms. The van der Waals surface area contributed by atoms with Gasteiger partial charge >= 0.3 is 0 Å². The lowest BCUT2D eigenvalue weighted by Gasteiger charge is -2.95. The summed E-state index contributed by atoms with van der Waals surface area (Å²) in [6.45, 7) is 13.8. The minimum absolute atomic E-state index is 0.576. The molecule has 0 nitrogen and oxygen atoms in total. The Hall–Kier alpha value is 0.350. The van der Waals surface area contributed by atoms with Crippen LogP contribution in [0.15, 0.2) is 0 Å². The zero-order valence-corrected chi connectivity index (χ0v) is 20.1. The lowest BCUT2D eigenvalue weighted by atomic mass is 9.08. The summed E-state index contributed by atoms with van der Waals surface area (Å²) in [5.41, 5.74) is 3.01. The van der Waals surface area contributed by atoms with Crippen LogP contribution in [0, 0.1) is 62.6 Å². The van der Waals surface area contributed by atoms with Gasteiger partial charge in [0.05, 0.1) is 0 Å². The van der Waals surface area contributed by atoms with E-state index < -0.39 is 0 Å². The molecule has 0 saturated heterocycles. The maximum absolute atomic E-state index is 4.88. The molecule has 0 aromatic rings. The van der Waals surface area contributed by atoms with Crippen molar-refractivity contribution in [3.05, 3.63) is 0 Å². The maximum Gasteiger partial charge on any atom is -0.00693 e. The highest BCUT2D eigenvalue weighted by atomic mass is 32.1. The van der Waals surface area contributed by atoms with Gasteiger partial charge in [0.1, 0.15) is 0 Å². The molecule has 0 aromatic heterocycles. The summed E-state index contributed by atoms with van der Waals surface area (Å²) in [6, 6.07) is 0. The molecule has 6 fully saturated rings. The van der Waals surface area contributed by atoms with E-state index in [9.17, 15) is 0 Å². The first-order valence-electron chi connectivity index (χ1n) is 12.8. The highest BCUT2D eigenvalue weighted by molar-refractivity contribution is 7.80. The first-order chi connectivity index (χ1) is 13.2. The molecule has 6 saturated carbocycles. The minimum atomic E-state index is 0.576. The van der Waals surface area contributed by atoms with E-state index >= 15 is 0 Å². The van der Waals surface area contributed by atoms with Crippen molar-refractivity contribution in [2.45, 2.75) is 98.8 Å². The van der Waals surface area contributed by atoms with Gasteiger partial charge in [0, 0.05) is 0 Å². The van der Waals surface area contributed by atoms with Crippen LogP contribution in [0.4, 0.5) is 0 Å². The van der Waals surface area contributed by atoms with Crippen LogP contribution in [0.2, 0.25) is 0 Å². The van der Waals surface area contributed by atoms with Crippen molar-refractivity contribution in [2.24, 2.45) is 62.6 Å². The highest BCUT2D eigenvalue weighted by Crippen LogP contribution is 2.97. The molecule has 6 aliphatic carbocycles. The van der Waals surface area contributed by atoms with Gasteiger partial charge in [0.25, 0.3) is 0 Å². The van der Waals surface area contributed by atoms with Gasteiger partial charge in [-0.2, -0.15) is 12.6 Å². The highest BCUT2D eigenvalue weighted by Gasteiger charge is 2.92. The zero-order chi connectivity index (χ0) is 19.7. The molecule has 28 heavy (non-hydrogen) atoms. The van der Waals surface area contributed by atoms with Gasteiger partial charge < -0.3 is 0 Å². The monoisotopic (exact) mass is 400 g/mol. The maximum atomic E-state index is 4.88. The number of hydrogen-bond acceptors (Lipinski definition) is 1. The van der Waals surface area contributed by atoms with Gasteiger partial charge in [-0.1, -0.05) is 47.5 Å². The lowest BCUT2D eigenvalue weighted by molar-refractivity contribution is -0.487. The molecule has 0 radical (unpaired) electrons. The SMILES string of the molecule is CC12CCCC[C@@]3(C)CC1C1C4C5CCC3CCC(CS)CC5(C)C4(C)C12C. The third-order valence-electron chi connectivity index (χ3n) is 13.8. The van der Waals surface area contributed by atoms with Gasteiger partial charge in [0.2, 0.25) is 0 Å². The molecule has 0 spiro atoms. The fourth-order valence-corrected chi connectivity index (χ4v) is 12.4. The largest absolute Gasteiger partial charge is 0.179 e. The van der Waals surface area contributed by atoms with E-state index in [1.54, 1.807) is 12.8 Å². The van der Waals surface area contributed by atoms with Crippen LogP contribution >= 0.6 is 12.6 Å². The molecule has 0 aliphatic heterocycles. The smallest absolute Gasteiger partial charge is 0.00693 e. The second kappa shape index (κ2) is 5.39. The van der Waals surface area contributed by atoms with Crippen molar-refractivity contribution >= 4 is 12.6 Å². The Morgan fingerprint density at radius 3 is 2.11 bits per heavy atom. The summed E-state index contributed by atoms with van der Waals surface area (Å²) in [6.07, 6.45) is 15.1. The molecule has 0 heterocycles. The molecule has 0 aromatic carbocycles. The van der Waals surface area contributed by atoms with Crippen LogP contribution < -0.4 is 0 Å². The molecule has 0 amide bonds. The normalized spacial score (nSPS) is 67.1. The molecule has 158 valence electrons. The number of hydrogen-bond donors (Lipinski definition) is 1. The summed E-state index contributed by atoms with van der Waals surface area (Å²) in [5.74, 6) is 7.13. The molecule has 6 aliphatic rings. The van der Waals surface area contributed by atoms with Crippen LogP contribution in [-0.4, -0.2) is 5.75 Å². The van der Waals surface area contributed by atoms with Crippen molar-refractivity contribution < 1.29 is 0 Å². The average Bonchev–Trinajstić information content (AvgIpc) is 2.75. The molecule has 0 N–H and O–H groups in total. The molecular weight excluding hydrogens is 356 g/mol. The van der Waals surface area contributed by atoms with Gasteiger partial charge in [-0.25, -0.2) is 0 Å². The fraction of sp³-hybridized carbons (Fsp3) is 1.00. The summed E-state index contributed by atoms with van der Waals surface area (Å²) < 4.78 is 0. The third kappa shape index (κ3) is 1.68. The van der Waals surface area contributed by atoms with Crippen molar-refractivity contribution in [2.75, 3.05) is 5.75 Å². The Morgan fingerprint density at radius 1 is 0.714 bits per heavy atom. The van der Waals surface area contributed by atoms with Crippen molar-refractivity contribution in [1.29, 1.82) is 0 Å². The Labute approximate surface area is 179 Å². The quantitative estimate of drug-likeness (QED) is 0.430. The van der Waals surface area contributed by atoms with Gasteiger partial charge in [-0.05, 0) is 120 Å². The van der Waals surface area contributed by atoms with Crippen molar-refractivity contribution in [3.63, 3.8) is 0 Å². The van der Waals surface area contributed by atoms with Crippen molar-refractivity contribution in [3.8, 4) is 0 Å². The molecular formula is C27H44S. The molecule has 11 atom stereocenters. The summed E-state index contributed by atoms with van der Waals surface area (Å²) in [4.78, 5) is 0. The minimum Gasteiger partial charge on any atom is -0.179 e. The number of thiol groups is 1. The van der Waals surface area contributed by atoms with Gasteiger partial charge in [-0.15, -0.1) is 0 Å². The Bertz CT molecular complexity index is 700. The second-order valence-corrected chi connectivity index (χ2v) is 14.0. The number of rotatable bonds is 1. The van der Waals surface area contributed by atoms with Gasteiger partial charge in [-0.3, -0.25) is 0 Å². The van der Waals surface area contributed by atoms with E-state index in [-0.39, 0.29) is 0 Å². The first-order valence-corrected chi connectivity index (χ1v) is 13.4. The van der Waals surface area contributed by atoms with Crippen LogP contribution in [0.1, 0.15) is 98.8 Å². The lowest BCUT2D eigenvalue weighted by Crippen LogP contribution is -2.91. The Kier molecular flexibility index (Phi) is 3.67. The summed E-state index contributed by atoms with van der Waals surface area (Å²) in [7, 11) is 0. The van der Waals surface area contributed by atoms with Crippen molar-refractivity contribution in [1.82, 2.24) is 0 Å². The first kappa shape index (κ1) is 19.1. The summed E-state index contributed by atoms with van der Waals surface area (Å²) in [5, 5.41) is 0. The van der Waals surface area contributed by atoms with E-state index in [1.807, 2.05) is 0 Å². The standard InChI is InChI=1S/C27H44S/c1-23-12-6-7-13-24(2)20(15-23)22-21-19-11-10-18(23)9-8-17(16-28)14-25(19,3)27(21,5)26(22,24)4/h17-22,28H,6-16H2,1-5H3/t17?,18?,19?,20?,21?,22?,23-,24?,25?,26?,27?/m0/s1. The fourth-order valence-electron chi connectivity index (χ4n) is 12.1. The Morgan fingerprint density at radius 2 is 1.36 bits per heavy atom. The second-order valence-electron chi connectivity index (χ2n) is 13.7. The zero-order valence-electron chi connectivity index (χ0n) is 19.2.